The van der Waals surface area contributed by atoms with Gasteiger partial charge in [0.15, 0.2) is 6.29 Å². The van der Waals surface area contributed by atoms with Crippen LogP contribution >= 0.6 is 0 Å². The van der Waals surface area contributed by atoms with Crippen LogP contribution in [-0.4, -0.2) is 139 Å². The van der Waals surface area contributed by atoms with Crippen LogP contribution in [0.25, 0.3) is 0 Å². The first-order valence-electron chi connectivity index (χ1n) is 21.0. The first kappa shape index (κ1) is 43.3. The molecule has 15 heteroatoms. The summed E-state index contributed by atoms with van der Waals surface area (Å²) < 4.78 is 23.7. The average Bonchev–Trinajstić information content (AvgIpc) is 3.15. The lowest BCUT2D eigenvalue weighted by molar-refractivity contribution is -0.330. The van der Waals surface area contributed by atoms with E-state index in [1.54, 1.807) is 0 Å². The molecule has 9 N–H and O–H groups in total. The molecule has 324 valence electrons. The maximum absolute atomic E-state index is 14.6. The number of esters is 1. The van der Waals surface area contributed by atoms with Crippen LogP contribution in [0.3, 0.4) is 0 Å². The number of aliphatic hydroxyl groups is 8. The van der Waals surface area contributed by atoms with Crippen LogP contribution in [0.4, 0.5) is 0 Å². The Balaban J connectivity index is 1.20. The van der Waals surface area contributed by atoms with Crippen molar-refractivity contribution in [3.05, 3.63) is 11.6 Å². The van der Waals surface area contributed by atoms with Crippen molar-refractivity contribution in [3.63, 3.8) is 0 Å². The summed E-state index contributed by atoms with van der Waals surface area (Å²) in [6.45, 7) is 11.7. The van der Waals surface area contributed by atoms with Gasteiger partial charge < -0.3 is 64.9 Å². The fourth-order valence-corrected chi connectivity index (χ4v) is 13.7. The number of carbonyl (C=O) groups is 2. The highest BCUT2D eigenvalue weighted by atomic mass is 16.7. The van der Waals surface area contributed by atoms with Crippen LogP contribution in [0.2, 0.25) is 0 Å². The smallest absolute Gasteiger partial charge is 0.315 e. The zero-order chi connectivity index (χ0) is 41.8. The van der Waals surface area contributed by atoms with E-state index in [2.05, 4.69) is 47.6 Å². The Kier molecular flexibility index (Phi) is 11.2. The van der Waals surface area contributed by atoms with Gasteiger partial charge in [0.05, 0.1) is 30.1 Å². The van der Waals surface area contributed by atoms with Crippen molar-refractivity contribution in [1.29, 1.82) is 0 Å². The van der Waals surface area contributed by atoms with Gasteiger partial charge in [-0.1, -0.05) is 53.2 Å². The van der Waals surface area contributed by atoms with Crippen molar-refractivity contribution < 1.29 is 74.5 Å². The second kappa shape index (κ2) is 14.7. The summed E-state index contributed by atoms with van der Waals surface area (Å²) in [6.07, 6.45) is -7.89. The Labute approximate surface area is 334 Å². The SMILES string of the molecule is CC1(C)CCC2(C(=O)OC3OC(CO)C(O)C(O)C3O)CCC3(C(=O)O)C(=CCC4C5(C)CCC(OC6OC(CO)C(O)C(O)C6O)C(C)(C)C5CCC43C)C2C1. The van der Waals surface area contributed by atoms with E-state index in [0.717, 1.165) is 5.57 Å². The number of allylic oxidation sites excluding steroid dienone is 1. The number of hydrogen-bond donors (Lipinski definition) is 9. The van der Waals surface area contributed by atoms with Gasteiger partial charge in [-0.25, -0.2) is 0 Å². The number of carbonyl (C=O) groups excluding carboxylic acids is 1. The van der Waals surface area contributed by atoms with E-state index in [4.69, 9.17) is 18.9 Å². The Bertz CT molecular complexity index is 1580. The Morgan fingerprint density at radius 3 is 1.89 bits per heavy atom. The van der Waals surface area contributed by atoms with Crippen molar-refractivity contribution in [2.24, 2.45) is 50.2 Å². The van der Waals surface area contributed by atoms with Gasteiger partial charge in [-0.15, -0.1) is 0 Å². The minimum Gasteiger partial charge on any atom is -0.481 e. The highest BCUT2D eigenvalue weighted by molar-refractivity contribution is 5.85. The Morgan fingerprint density at radius 1 is 0.719 bits per heavy atom. The molecule has 15 nitrogen and oxygen atoms in total. The first-order valence-corrected chi connectivity index (χ1v) is 21.0. The number of carboxylic acid groups (broad SMARTS) is 1. The molecule has 0 bridgehead atoms. The van der Waals surface area contributed by atoms with Gasteiger partial charge in [0.1, 0.15) is 48.8 Å². The third-order valence-electron chi connectivity index (χ3n) is 17.0. The lowest BCUT2D eigenvalue weighted by atomic mass is 9.33. The van der Waals surface area contributed by atoms with Crippen molar-refractivity contribution >= 4 is 11.9 Å². The fraction of sp³-hybridized carbons (Fsp3) is 0.905. The summed E-state index contributed by atoms with van der Waals surface area (Å²) in [4.78, 5) is 28.8. The number of aliphatic carboxylic acids is 1. The van der Waals surface area contributed by atoms with Gasteiger partial charge in [0.25, 0.3) is 0 Å². The molecular formula is C42H66O15. The summed E-state index contributed by atoms with van der Waals surface area (Å²) >= 11 is 0. The summed E-state index contributed by atoms with van der Waals surface area (Å²) in [6, 6.07) is 0. The molecule has 0 amide bonds. The molecule has 0 aromatic heterocycles. The molecule has 7 rings (SSSR count). The van der Waals surface area contributed by atoms with Gasteiger partial charge in [0.2, 0.25) is 6.29 Å². The number of hydrogen-bond acceptors (Lipinski definition) is 14. The van der Waals surface area contributed by atoms with E-state index in [9.17, 15) is 55.5 Å². The highest BCUT2D eigenvalue weighted by Crippen LogP contribution is 2.76. The molecule has 4 saturated carbocycles. The molecule has 2 heterocycles. The number of aliphatic hydroxyl groups excluding tert-OH is 8. The van der Waals surface area contributed by atoms with Crippen molar-refractivity contribution in [2.75, 3.05) is 13.2 Å². The van der Waals surface area contributed by atoms with Gasteiger partial charge in [-0.3, -0.25) is 9.59 Å². The summed E-state index contributed by atoms with van der Waals surface area (Å²) in [5.74, 6) is -1.99. The predicted molar refractivity (Wildman–Crippen MR) is 200 cm³/mol. The molecule has 2 aliphatic heterocycles. The van der Waals surface area contributed by atoms with E-state index >= 15 is 0 Å². The highest BCUT2D eigenvalue weighted by Gasteiger charge is 2.73. The largest absolute Gasteiger partial charge is 0.481 e. The van der Waals surface area contributed by atoms with E-state index in [0.29, 0.717) is 51.4 Å². The normalized spacial score (nSPS) is 51.6. The van der Waals surface area contributed by atoms with Crippen molar-refractivity contribution in [1.82, 2.24) is 0 Å². The van der Waals surface area contributed by atoms with Gasteiger partial charge >= 0.3 is 11.9 Å². The lowest BCUT2D eigenvalue weighted by Gasteiger charge is -2.70. The van der Waals surface area contributed by atoms with Crippen LogP contribution in [0.1, 0.15) is 106 Å². The van der Waals surface area contributed by atoms with Crippen LogP contribution in [0.5, 0.6) is 0 Å². The second-order valence-corrected chi connectivity index (χ2v) is 20.5. The first-order chi connectivity index (χ1) is 26.6. The van der Waals surface area contributed by atoms with Crippen LogP contribution < -0.4 is 0 Å². The quantitative estimate of drug-likeness (QED) is 0.100. The third kappa shape index (κ3) is 6.30. The van der Waals surface area contributed by atoms with E-state index in [1.807, 2.05) is 0 Å². The zero-order valence-electron chi connectivity index (χ0n) is 34.1. The Hall–Kier alpha value is -1.76. The predicted octanol–water partition coefficient (Wildman–Crippen LogP) is 1.38. The number of carboxylic acids is 1. The monoisotopic (exact) mass is 810 g/mol. The number of rotatable bonds is 7. The molecule has 57 heavy (non-hydrogen) atoms. The van der Waals surface area contributed by atoms with Gasteiger partial charge in [0, 0.05) is 0 Å². The minimum atomic E-state index is -1.75. The van der Waals surface area contributed by atoms with E-state index < -0.39 is 120 Å². The van der Waals surface area contributed by atoms with Gasteiger partial charge in [-0.2, -0.15) is 0 Å². The number of fused-ring (bicyclic) bond motifs is 7. The molecule has 18 atom stereocenters. The fourth-order valence-electron chi connectivity index (χ4n) is 13.7. The minimum absolute atomic E-state index is 0.0405. The molecule has 2 saturated heterocycles. The zero-order valence-corrected chi connectivity index (χ0v) is 34.1. The van der Waals surface area contributed by atoms with Crippen molar-refractivity contribution in [2.45, 2.75) is 173 Å². The van der Waals surface area contributed by atoms with Crippen LogP contribution in [0, 0.1) is 50.2 Å². The number of ether oxygens (including phenoxy) is 4. The topological polar surface area (TPSA) is 253 Å². The molecule has 0 aromatic rings. The molecule has 0 spiro atoms. The maximum atomic E-state index is 14.6. The molecule has 6 fully saturated rings. The van der Waals surface area contributed by atoms with Crippen molar-refractivity contribution in [3.8, 4) is 0 Å². The van der Waals surface area contributed by atoms with Gasteiger partial charge in [-0.05, 0) is 104 Å². The summed E-state index contributed by atoms with van der Waals surface area (Å²) in [5, 5.41) is 94.3. The molecule has 0 aromatic carbocycles. The van der Waals surface area contributed by atoms with Crippen LogP contribution in [0.15, 0.2) is 11.6 Å². The molecular weight excluding hydrogens is 744 g/mol. The molecule has 7 aliphatic rings. The van der Waals surface area contributed by atoms with E-state index in [1.165, 1.54) is 0 Å². The van der Waals surface area contributed by atoms with E-state index in [-0.39, 0.29) is 35.5 Å². The summed E-state index contributed by atoms with van der Waals surface area (Å²) in [5.41, 5.74) is -3.34. The average molecular weight is 811 g/mol. The molecule has 0 radical (unpaired) electrons. The molecule has 18 unspecified atom stereocenters. The standard InChI is InChI=1S/C42H66O15/c1-37(2)13-14-41(36(53)57-34-32(50)30(48)28(46)23(19-44)55-34)15-16-42(35(51)52)20(21(41)17-37)7-8-25-39(5)11-10-26(38(3,4)24(39)9-12-40(25,42)6)56-33-31(49)29(47)27(45)22(18-43)54-33/h7,21-34,43-50H,8-19H2,1-6H3,(H,51,52). The van der Waals surface area contributed by atoms with Crippen LogP contribution in [-0.2, 0) is 28.5 Å². The summed E-state index contributed by atoms with van der Waals surface area (Å²) in [7, 11) is 0. The third-order valence-corrected chi connectivity index (χ3v) is 17.0. The second-order valence-electron chi connectivity index (χ2n) is 20.5. The molecule has 5 aliphatic carbocycles. The maximum Gasteiger partial charge on any atom is 0.315 e. The lowest BCUT2D eigenvalue weighted by Crippen LogP contribution is -2.68. The Morgan fingerprint density at radius 2 is 1.30 bits per heavy atom.